The van der Waals surface area contributed by atoms with Crippen LogP contribution >= 0.6 is 0 Å². The van der Waals surface area contributed by atoms with Crippen molar-refractivity contribution in [3.63, 3.8) is 0 Å². The summed E-state index contributed by atoms with van der Waals surface area (Å²) < 4.78 is 24.5. The summed E-state index contributed by atoms with van der Waals surface area (Å²) in [4.78, 5) is 29.0. The van der Waals surface area contributed by atoms with Gasteiger partial charge in [-0.3, -0.25) is 9.79 Å². The molecule has 1 unspecified atom stereocenters. The number of aliphatic hydroxyl groups is 1. The second kappa shape index (κ2) is 12.6. The van der Waals surface area contributed by atoms with Gasteiger partial charge in [-0.05, 0) is 44.1 Å². The third-order valence-electron chi connectivity index (χ3n) is 4.58. The highest BCUT2D eigenvalue weighted by atomic mass is 19.1. The fraction of sp³-hybridized carbons (Fsp3) is 0.435. The van der Waals surface area contributed by atoms with Crippen molar-refractivity contribution in [3.05, 3.63) is 58.7 Å². The molecule has 0 aromatic carbocycles. The third kappa shape index (κ3) is 7.97. The van der Waals surface area contributed by atoms with E-state index in [9.17, 15) is 19.1 Å². The summed E-state index contributed by atoms with van der Waals surface area (Å²) in [5.41, 5.74) is 1.49. The molecule has 8 heteroatoms. The summed E-state index contributed by atoms with van der Waals surface area (Å²) in [5, 5.41) is 11.9. The molecule has 0 aromatic rings. The fourth-order valence-electron chi connectivity index (χ4n) is 2.97. The topological polar surface area (TPSA) is 97.2 Å². The normalized spacial score (nSPS) is 22.3. The van der Waals surface area contributed by atoms with E-state index in [4.69, 9.17) is 9.47 Å². The van der Waals surface area contributed by atoms with Crippen LogP contribution in [0.15, 0.2) is 63.7 Å². The largest absolute Gasteiger partial charge is 0.493 e. The molecule has 0 spiro atoms. The van der Waals surface area contributed by atoms with Gasteiger partial charge in [0.05, 0.1) is 25.8 Å². The number of allylic oxidation sites excluding steroid dienone is 7. The van der Waals surface area contributed by atoms with E-state index in [-0.39, 0.29) is 43.8 Å². The van der Waals surface area contributed by atoms with E-state index in [0.717, 1.165) is 11.1 Å². The average Bonchev–Trinajstić information content (AvgIpc) is 2.94. The monoisotopic (exact) mass is 432 g/mol. The third-order valence-corrected chi connectivity index (χ3v) is 4.58. The molecule has 31 heavy (non-hydrogen) atoms. The maximum atomic E-state index is 13.5. The molecule has 0 aromatic heterocycles. The van der Waals surface area contributed by atoms with E-state index in [0.29, 0.717) is 25.0 Å². The number of nitrogens with one attached hydrogen (secondary N) is 1. The van der Waals surface area contributed by atoms with Crippen LogP contribution in [0.25, 0.3) is 0 Å². The zero-order chi connectivity index (χ0) is 22.6. The van der Waals surface area contributed by atoms with Crippen molar-refractivity contribution in [2.75, 3.05) is 26.3 Å². The van der Waals surface area contributed by atoms with Gasteiger partial charge in [0.15, 0.2) is 0 Å². The van der Waals surface area contributed by atoms with Crippen LogP contribution in [0, 0.1) is 0 Å². The molecule has 0 radical (unpaired) electrons. The molecule has 1 atom stereocenters. The standard InChI is InChI=1S/C23H29FN2O5/c1-3-30-23(29)20-9-11-25-14-18(13-17-5-4-6-19(24)8-7-17)21(15-26-22(20)28)31-16(2)10-12-27/h5-9,14,16,27H,3-4,10-13,15H2,1-2H3,(H,26,28)/b20-9+,21-18+,25-14?. The van der Waals surface area contributed by atoms with E-state index in [1.165, 1.54) is 18.2 Å². The fourth-order valence-corrected chi connectivity index (χ4v) is 2.97. The van der Waals surface area contributed by atoms with Crippen LogP contribution in [0.3, 0.4) is 0 Å². The van der Waals surface area contributed by atoms with Gasteiger partial charge in [-0.25, -0.2) is 9.18 Å². The highest BCUT2D eigenvalue weighted by molar-refractivity contribution is 6.16. The molecule has 2 N–H and O–H groups in total. The Labute approximate surface area is 181 Å². The number of nitrogens with zero attached hydrogens (tertiary/aromatic N) is 1. The first-order chi connectivity index (χ1) is 14.9. The zero-order valence-electron chi connectivity index (χ0n) is 17.9. The Hall–Kier alpha value is -3.00. The molecule has 0 saturated carbocycles. The van der Waals surface area contributed by atoms with E-state index < -0.39 is 11.9 Å². The summed E-state index contributed by atoms with van der Waals surface area (Å²) >= 11 is 0. The summed E-state index contributed by atoms with van der Waals surface area (Å²) in [7, 11) is 0. The van der Waals surface area contributed by atoms with Crippen LogP contribution in [-0.4, -0.2) is 55.6 Å². The van der Waals surface area contributed by atoms with Crippen molar-refractivity contribution in [3.8, 4) is 0 Å². The van der Waals surface area contributed by atoms with Gasteiger partial charge in [0.25, 0.3) is 5.91 Å². The number of ether oxygens (including phenoxy) is 2. The van der Waals surface area contributed by atoms with Crippen LogP contribution in [0.2, 0.25) is 0 Å². The number of aliphatic imine (C=N–C) groups is 1. The Bertz CT molecular complexity index is 852. The summed E-state index contributed by atoms with van der Waals surface area (Å²) in [6, 6.07) is 0. The van der Waals surface area contributed by atoms with Gasteiger partial charge in [0, 0.05) is 31.2 Å². The van der Waals surface area contributed by atoms with Gasteiger partial charge >= 0.3 is 5.97 Å². The minimum atomic E-state index is -0.709. The Kier molecular flexibility index (Phi) is 9.90. The molecule has 1 amide bonds. The number of rotatable bonds is 8. The van der Waals surface area contributed by atoms with Crippen molar-refractivity contribution in [2.45, 2.75) is 39.2 Å². The molecule has 0 fully saturated rings. The van der Waals surface area contributed by atoms with E-state index >= 15 is 0 Å². The number of amides is 1. The number of carbonyl (C=O) groups excluding carboxylic acids is 2. The zero-order valence-corrected chi connectivity index (χ0v) is 17.9. The minimum Gasteiger partial charge on any atom is -0.493 e. The molecule has 0 saturated heterocycles. The Morgan fingerprint density at radius 3 is 2.87 bits per heavy atom. The SMILES string of the molecule is CCOC(=O)/C1=C/CN=C/C(CC2=CCC=C(F)C=C2)=C(/OC(C)CCO)CNC1=O. The van der Waals surface area contributed by atoms with Crippen LogP contribution in [0.4, 0.5) is 4.39 Å². The number of hydrogen-bond donors (Lipinski definition) is 2. The van der Waals surface area contributed by atoms with Gasteiger partial charge < -0.3 is 19.9 Å². The maximum absolute atomic E-state index is 13.5. The lowest BCUT2D eigenvalue weighted by Gasteiger charge is -2.21. The van der Waals surface area contributed by atoms with Crippen molar-refractivity contribution < 1.29 is 28.6 Å². The number of esters is 1. The minimum absolute atomic E-state index is 0.0241. The Morgan fingerprint density at radius 1 is 1.32 bits per heavy atom. The van der Waals surface area contributed by atoms with Crippen molar-refractivity contribution in [2.24, 2.45) is 4.99 Å². The quantitative estimate of drug-likeness (QED) is 0.454. The number of aliphatic hydroxyl groups excluding tert-OH is 1. The summed E-state index contributed by atoms with van der Waals surface area (Å²) in [6.45, 7) is 3.72. The van der Waals surface area contributed by atoms with Gasteiger partial charge in [-0.15, -0.1) is 0 Å². The smallest absolute Gasteiger partial charge is 0.343 e. The van der Waals surface area contributed by atoms with E-state index in [1.807, 2.05) is 13.0 Å². The van der Waals surface area contributed by atoms with Crippen molar-refractivity contribution >= 4 is 18.1 Å². The summed E-state index contributed by atoms with van der Waals surface area (Å²) in [5.74, 6) is -1.11. The number of carbonyl (C=O) groups is 2. The molecule has 7 nitrogen and oxygen atoms in total. The Morgan fingerprint density at radius 2 is 2.13 bits per heavy atom. The highest BCUT2D eigenvalue weighted by Crippen LogP contribution is 2.21. The molecule has 168 valence electrons. The van der Waals surface area contributed by atoms with Gasteiger partial charge in [-0.1, -0.05) is 12.2 Å². The molecule has 2 rings (SSSR count). The first-order valence-electron chi connectivity index (χ1n) is 10.3. The molecule has 1 heterocycles. The molecule has 1 aliphatic heterocycles. The van der Waals surface area contributed by atoms with Crippen molar-refractivity contribution in [1.29, 1.82) is 0 Å². The molecule has 2 aliphatic rings. The first-order valence-corrected chi connectivity index (χ1v) is 10.3. The lowest BCUT2D eigenvalue weighted by atomic mass is 10.0. The molecular formula is C23H29FN2O5. The van der Waals surface area contributed by atoms with Crippen LogP contribution in [-0.2, 0) is 19.1 Å². The molecule has 1 aliphatic carbocycles. The maximum Gasteiger partial charge on any atom is 0.343 e. The van der Waals surface area contributed by atoms with Crippen molar-refractivity contribution in [1.82, 2.24) is 5.32 Å². The second-order valence-electron chi connectivity index (χ2n) is 7.02. The number of hydrogen-bond acceptors (Lipinski definition) is 6. The van der Waals surface area contributed by atoms with E-state index in [1.54, 1.807) is 19.2 Å². The highest BCUT2D eigenvalue weighted by Gasteiger charge is 2.21. The van der Waals surface area contributed by atoms with Crippen LogP contribution < -0.4 is 5.32 Å². The second-order valence-corrected chi connectivity index (χ2v) is 7.02. The lowest BCUT2D eigenvalue weighted by Crippen LogP contribution is -2.33. The van der Waals surface area contributed by atoms with Crippen LogP contribution in [0.5, 0.6) is 0 Å². The van der Waals surface area contributed by atoms with Gasteiger partial charge in [0.1, 0.15) is 17.2 Å². The predicted molar refractivity (Wildman–Crippen MR) is 116 cm³/mol. The average molecular weight is 432 g/mol. The Balaban J connectivity index is 2.32. The van der Waals surface area contributed by atoms with Gasteiger partial charge in [-0.2, -0.15) is 0 Å². The first kappa shape index (κ1) is 24.3. The predicted octanol–water partition coefficient (Wildman–Crippen LogP) is 2.85. The van der Waals surface area contributed by atoms with E-state index in [2.05, 4.69) is 10.3 Å². The molecular weight excluding hydrogens is 403 g/mol. The molecule has 0 bridgehead atoms. The number of halogens is 1. The summed E-state index contributed by atoms with van der Waals surface area (Å²) in [6.07, 6.45) is 10.6. The van der Waals surface area contributed by atoms with Gasteiger partial charge in [0.2, 0.25) is 0 Å². The van der Waals surface area contributed by atoms with Crippen LogP contribution in [0.1, 0.15) is 33.1 Å². The lowest BCUT2D eigenvalue weighted by molar-refractivity contribution is -0.140.